The number of ether oxygens (including phenoxy) is 2. The van der Waals surface area contributed by atoms with E-state index in [2.05, 4.69) is 0 Å². The molecule has 0 saturated carbocycles. The predicted octanol–water partition coefficient (Wildman–Crippen LogP) is -5.76. The average molecular weight is 344 g/mol. The average Bonchev–Trinajstić information content (AvgIpc) is 2.56. The van der Waals surface area contributed by atoms with Crippen molar-refractivity contribution in [2.24, 2.45) is 0 Å². The van der Waals surface area contributed by atoms with Gasteiger partial charge >= 0.3 is 0 Å². The second-order valence-electron chi connectivity index (χ2n) is 5.33. The van der Waals surface area contributed by atoms with E-state index >= 15 is 0 Å². The van der Waals surface area contributed by atoms with Crippen LogP contribution in [-0.4, -0.2) is 121 Å². The van der Waals surface area contributed by atoms with E-state index < -0.39 is 74.9 Å². The molecule has 9 atom stereocenters. The first kappa shape index (κ1) is 20.6. The Balaban J connectivity index is 2.55. The summed E-state index contributed by atoms with van der Waals surface area (Å²) < 4.78 is 9.99. The molecule has 0 amide bonds. The zero-order valence-electron chi connectivity index (χ0n) is 12.2. The molecule has 1 saturated heterocycles. The number of hydrogen-bond donors (Lipinski definition) is 9. The summed E-state index contributed by atoms with van der Waals surface area (Å²) in [6, 6.07) is 0. The van der Waals surface area contributed by atoms with Crippen LogP contribution in [0.2, 0.25) is 0 Å². The topological polar surface area (TPSA) is 201 Å². The Morgan fingerprint density at radius 2 is 1.39 bits per heavy atom. The Morgan fingerprint density at radius 3 is 1.91 bits per heavy atom. The van der Waals surface area contributed by atoms with Crippen LogP contribution in [0.5, 0.6) is 0 Å². The molecule has 0 aromatic carbocycles. The van der Waals surface area contributed by atoms with Crippen molar-refractivity contribution < 1.29 is 55.4 Å². The quantitative estimate of drug-likeness (QED) is 0.203. The van der Waals surface area contributed by atoms with Crippen LogP contribution in [0.3, 0.4) is 0 Å². The maximum atomic E-state index is 9.70. The molecule has 23 heavy (non-hydrogen) atoms. The summed E-state index contributed by atoms with van der Waals surface area (Å²) in [5.74, 6) is 0. The third-order valence-corrected chi connectivity index (χ3v) is 3.61. The second kappa shape index (κ2) is 9.15. The van der Waals surface area contributed by atoms with Crippen molar-refractivity contribution in [2.45, 2.75) is 55.1 Å². The molecular weight excluding hydrogens is 320 g/mol. The lowest BCUT2D eigenvalue weighted by Crippen LogP contribution is -2.59. The maximum absolute atomic E-state index is 9.70. The van der Waals surface area contributed by atoms with Crippen molar-refractivity contribution in [3.05, 3.63) is 0 Å². The fraction of sp³-hybridized carbons (Fsp3) is 1.00. The number of aliphatic hydroxyl groups excluding tert-OH is 9. The van der Waals surface area contributed by atoms with Crippen molar-refractivity contribution in [1.29, 1.82) is 0 Å². The van der Waals surface area contributed by atoms with E-state index in [1.54, 1.807) is 0 Å². The highest BCUT2D eigenvalue weighted by atomic mass is 16.7. The lowest BCUT2D eigenvalue weighted by Gasteiger charge is -2.40. The van der Waals surface area contributed by atoms with Crippen LogP contribution < -0.4 is 0 Å². The first-order valence-corrected chi connectivity index (χ1v) is 6.99. The monoisotopic (exact) mass is 344 g/mol. The van der Waals surface area contributed by atoms with Crippen molar-refractivity contribution >= 4 is 0 Å². The number of hydrogen-bond acceptors (Lipinski definition) is 11. The van der Waals surface area contributed by atoms with Gasteiger partial charge < -0.3 is 55.4 Å². The van der Waals surface area contributed by atoms with Gasteiger partial charge in [-0.15, -0.1) is 0 Å². The summed E-state index contributed by atoms with van der Waals surface area (Å²) in [5.41, 5.74) is 0. The Kier molecular flexibility index (Phi) is 8.20. The highest BCUT2D eigenvalue weighted by Gasteiger charge is 2.44. The fourth-order valence-corrected chi connectivity index (χ4v) is 2.06. The molecule has 0 aromatic rings. The number of rotatable bonds is 8. The minimum absolute atomic E-state index is 0.655. The van der Waals surface area contributed by atoms with Crippen LogP contribution >= 0.6 is 0 Å². The summed E-state index contributed by atoms with van der Waals surface area (Å²) in [7, 11) is 0. The van der Waals surface area contributed by atoms with Gasteiger partial charge in [-0.1, -0.05) is 0 Å². The van der Waals surface area contributed by atoms with E-state index in [1.807, 2.05) is 0 Å². The summed E-state index contributed by atoms with van der Waals surface area (Å²) >= 11 is 0. The Bertz CT molecular complexity index is 341. The van der Waals surface area contributed by atoms with Crippen LogP contribution in [0, 0.1) is 0 Å². The zero-order valence-corrected chi connectivity index (χ0v) is 12.2. The Hall–Kier alpha value is -0.440. The SMILES string of the molecule is OCC(O)C(O)C(O)[C@H](O)COC1OC(CO)C(O)C(O)C1O. The first-order chi connectivity index (χ1) is 10.7. The summed E-state index contributed by atoms with van der Waals surface area (Å²) in [5, 5.41) is 84.4. The van der Waals surface area contributed by atoms with E-state index in [-0.39, 0.29) is 0 Å². The molecule has 1 rings (SSSR count). The van der Waals surface area contributed by atoms with Crippen molar-refractivity contribution in [3.63, 3.8) is 0 Å². The van der Waals surface area contributed by atoms with Crippen molar-refractivity contribution in [2.75, 3.05) is 19.8 Å². The van der Waals surface area contributed by atoms with Gasteiger partial charge in [0, 0.05) is 0 Å². The summed E-state index contributed by atoms with van der Waals surface area (Å²) in [6.45, 7) is -2.16. The van der Waals surface area contributed by atoms with Crippen molar-refractivity contribution in [3.8, 4) is 0 Å². The molecule has 11 heteroatoms. The van der Waals surface area contributed by atoms with Gasteiger partial charge in [0.15, 0.2) is 6.29 Å². The molecule has 1 aliphatic rings. The van der Waals surface area contributed by atoms with Crippen LogP contribution in [0.1, 0.15) is 0 Å². The largest absolute Gasteiger partial charge is 0.394 e. The second-order valence-corrected chi connectivity index (χ2v) is 5.33. The molecule has 0 spiro atoms. The minimum atomic E-state index is -1.86. The van der Waals surface area contributed by atoms with Gasteiger partial charge in [-0.3, -0.25) is 0 Å². The molecule has 1 fully saturated rings. The third-order valence-electron chi connectivity index (χ3n) is 3.61. The molecule has 9 N–H and O–H groups in total. The highest BCUT2D eigenvalue weighted by molar-refractivity contribution is 4.89. The molecule has 1 heterocycles. The minimum Gasteiger partial charge on any atom is -0.394 e. The van der Waals surface area contributed by atoms with Crippen LogP contribution in [0.25, 0.3) is 0 Å². The molecule has 8 unspecified atom stereocenters. The first-order valence-electron chi connectivity index (χ1n) is 6.99. The molecule has 0 radical (unpaired) electrons. The summed E-state index contributed by atoms with van der Waals surface area (Å²) in [6.07, 6.45) is -14.7. The number of aliphatic hydroxyl groups is 9. The van der Waals surface area contributed by atoms with Gasteiger partial charge in [0.2, 0.25) is 0 Å². The molecular formula is C12H24O11. The van der Waals surface area contributed by atoms with Gasteiger partial charge in [0.1, 0.15) is 48.8 Å². The fourth-order valence-electron chi connectivity index (χ4n) is 2.06. The van der Waals surface area contributed by atoms with E-state index in [1.165, 1.54) is 0 Å². The van der Waals surface area contributed by atoms with Crippen LogP contribution in [0.15, 0.2) is 0 Å². The standard InChI is InChI=1S/C12H24O11/c13-1-4(15)7(17)8(18)5(16)3-22-12-11(21)10(20)9(19)6(2-14)23-12/h4-21H,1-3H2/t4?,5-,6?,7?,8?,9?,10?,11?,12?/m1/s1. The molecule has 138 valence electrons. The molecule has 0 aromatic heterocycles. The van der Waals surface area contributed by atoms with Gasteiger partial charge in [-0.25, -0.2) is 0 Å². The Labute approximate surface area is 131 Å². The van der Waals surface area contributed by atoms with Gasteiger partial charge in [-0.2, -0.15) is 0 Å². The summed E-state index contributed by atoms with van der Waals surface area (Å²) in [4.78, 5) is 0. The van der Waals surface area contributed by atoms with Gasteiger partial charge in [-0.05, 0) is 0 Å². The highest BCUT2D eigenvalue weighted by Crippen LogP contribution is 2.22. The third kappa shape index (κ3) is 5.01. The van der Waals surface area contributed by atoms with E-state index in [0.29, 0.717) is 0 Å². The van der Waals surface area contributed by atoms with Crippen LogP contribution in [-0.2, 0) is 9.47 Å². The normalized spacial score (nSPS) is 37.2. The molecule has 0 aliphatic carbocycles. The van der Waals surface area contributed by atoms with E-state index in [9.17, 15) is 35.7 Å². The smallest absolute Gasteiger partial charge is 0.186 e. The molecule has 0 bridgehead atoms. The van der Waals surface area contributed by atoms with E-state index in [0.717, 1.165) is 0 Å². The van der Waals surface area contributed by atoms with Gasteiger partial charge in [0.05, 0.1) is 19.8 Å². The lowest BCUT2D eigenvalue weighted by atomic mass is 9.99. The van der Waals surface area contributed by atoms with Crippen molar-refractivity contribution in [1.82, 2.24) is 0 Å². The van der Waals surface area contributed by atoms with Gasteiger partial charge in [0.25, 0.3) is 0 Å². The lowest BCUT2D eigenvalue weighted by molar-refractivity contribution is -0.306. The Morgan fingerprint density at radius 1 is 0.826 bits per heavy atom. The molecule has 1 aliphatic heterocycles. The molecule has 11 nitrogen and oxygen atoms in total. The zero-order chi connectivity index (χ0) is 17.7. The maximum Gasteiger partial charge on any atom is 0.186 e. The van der Waals surface area contributed by atoms with E-state index in [4.69, 9.17) is 19.7 Å². The van der Waals surface area contributed by atoms with Crippen LogP contribution in [0.4, 0.5) is 0 Å². The predicted molar refractivity (Wildman–Crippen MR) is 70.8 cm³/mol.